The molecular weight excluding hydrogens is 912 g/mol. The van der Waals surface area contributed by atoms with Crippen LogP contribution in [0.15, 0.2) is 84.9 Å². The zero-order valence-electron chi connectivity index (χ0n) is 48.1. The highest BCUT2D eigenvalue weighted by atomic mass is 32.1. The van der Waals surface area contributed by atoms with Gasteiger partial charge in [-0.2, -0.15) is 0 Å². The summed E-state index contributed by atoms with van der Waals surface area (Å²) < 4.78 is 1.45. The monoisotopic (exact) mass is 993 g/mol. The Labute approximate surface area is 449 Å². The van der Waals surface area contributed by atoms with E-state index in [1.807, 2.05) is 0 Å². The van der Waals surface area contributed by atoms with Gasteiger partial charge in [0.25, 0.3) is 6.71 Å². The number of benzene rings is 6. The van der Waals surface area contributed by atoms with Gasteiger partial charge in [0.05, 0.1) is 5.00 Å². The van der Waals surface area contributed by atoms with Crippen LogP contribution < -0.4 is 26.2 Å². The number of thiophene rings is 1. The third kappa shape index (κ3) is 6.80. The Balaban J connectivity index is 1.21. The molecule has 1 fully saturated rings. The summed E-state index contributed by atoms with van der Waals surface area (Å²) in [6.45, 7) is 41.6. The van der Waals surface area contributed by atoms with Crippen LogP contribution in [0.4, 0.5) is 33.4 Å². The molecule has 0 spiro atoms. The molecule has 7 aliphatic rings. The predicted octanol–water partition coefficient (Wildman–Crippen LogP) is 18.0. The van der Waals surface area contributed by atoms with Gasteiger partial charge >= 0.3 is 0 Å². The summed E-state index contributed by atoms with van der Waals surface area (Å²) in [5, 5.41) is 2.88. The lowest BCUT2D eigenvalue weighted by molar-refractivity contribution is 0.188. The van der Waals surface area contributed by atoms with Crippen LogP contribution in [0.1, 0.15) is 203 Å². The molecule has 380 valence electrons. The molecule has 7 aromatic rings. The minimum atomic E-state index is 0.0329. The van der Waals surface area contributed by atoms with E-state index in [0.717, 1.165) is 0 Å². The maximum Gasteiger partial charge on any atom is 0.254 e. The summed E-state index contributed by atoms with van der Waals surface area (Å²) in [7, 11) is 0. The third-order valence-electron chi connectivity index (χ3n) is 20.9. The first-order valence-corrected chi connectivity index (χ1v) is 29.4. The summed E-state index contributed by atoms with van der Waals surface area (Å²) >= 11 is 2.08. The number of aryl methyl sites for hydroxylation is 4. The first-order valence-electron chi connectivity index (χ1n) is 28.5. The molecular formula is C70H81BN2S. The molecule has 5 aliphatic carbocycles. The van der Waals surface area contributed by atoms with E-state index in [4.69, 9.17) is 0 Å². The van der Waals surface area contributed by atoms with E-state index in [1.54, 1.807) is 11.1 Å². The van der Waals surface area contributed by atoms with Crippen LogP contribution in [-0.2, 0) is 37.9 Å². The van der Waals surface area contributed by atoms with Crippen LogP contribution in [-0.4, -0.2) is 6.71 Å². The van der Waals surface area contributed by atoms with Gasteiger partial charge in [0.15, 0.2) is 0 Å². The second-order valence-corrected chi connectivity index (χ2v) is 30.1. The van der Waals surface area contributed by atoms with E-state index in [0.29, 0.717) is 0 Å². The first-order chi connectivity index (χ1) is 34.6. The number of anilines is 6. The van der Waals surface area contributed by atoms with E-state index in [2.05, 4.69) is 224 Å². The Morgan fingerprint density at radius 1 is 0.459 bits per heavy atom. The van der Waals surface area contributed by atoms with Gasteiger partial charge < -0.3 is 9.80 Å². The molecule has 3 heterocycles. The second-order valence-electron chi connectivity index (χ2n) is 29.1. The number of hydrogen-bond donors (Lipinski definition) is 0. The van der Waals surface area contributed by atoms with Crippen LogP contribution >= 0.6 is 11.3 Å². The van der Waals surface area contributed by atoms with E-state index in [1.165, 1.54) is 172 Å². The lowest BCUT2D eigenvalue weighted by Crippen LogP contribution is -2.61. The van der Waals surface area contributed by atoms with Crippen molar-refractivity contribution in [3.8, 4) is 11.1 Å². The van der Waals surface area contributed by atoms with Gasteiger partial charge in [0.1, 0.15) is 0 Å². The Kier molecular flexibility index (Phi) is 10.1. The van der Waals surface area contributed by atoms with Crippen molar-refractivity contribution in [2.24, 2.45) is 0 Å². The molecule has 1 aromatic heterocycles. The molecule has 0 radical (unpaired) electrons. The molecule has 1 saturated carbocycles. The largest absolute Gasteiger partial charge is 0.311 e. The smallest absolute Gasteiger partial charge is 0.254 e. The van der Waals surface area contributed by atoms with Crippen molar-refractivity contribution in [1.29, 1.82) is 0 Å². The molecule has 2 nitrogen and oxygen atoms in total. The summed E-state index contributed by atoms with van der Waals surface area (Å²) in [6.07, 6.45) is 9.88. The van der Waals surface area contributed by atoms with Gasteiger partial charge in [-0.05, 0) is 254 Å². The molecule has 2 bridgehead atoms. The van der Waals surface area contributed by atoms with Crippen molar-refractivity contribution in [2.75, 3.05) is 9.80 Å². The molecule has 74 heavy (non-hydrogen) atoms. The van der Waals surface area contributed by atoms with Crippen molar-refractivity contribution in [2.45, 2.75) is 207 Å². The Hall–Kier alpha value is -5.06. The Morgan fingerprint density at radius 3 is 1.58 bits per heavy atom. The summed E-state index contributed by atoms with van der Waals surface area (Å²) in [6, 6.07) is 36.1. The summed E-state index contributed by atoms with van der Waals surface area (Å²) in [5.41, 5.74) is 30.4. The maximum absolute atomic E-state index is 2.79. The Morgan fingerprint density at radius 2 is 1.00 bits per heavy atom. The zero-order chi connectivity index (χ0) is 52.4. The van der Waals surface area contributed by atoms with E-state index < -0.39 is 0 Å². The molecule has 0 unspecified atom stereocenters. The van der Waals surface area contributed by atoms with E-state index in [-0.39, 0.29) is 44.6 Å². The molecule has 0 saturated heterocycles. The van der Waals surface area contributed by atoms with Crippen molar-refractivity contribution < 1.29 is 0 Å². The van der Waals surface area contributed by atoms with E-state index in [9.17, 15) is 0 Å². The van der Waals surface area contributed by atoms with Crippen molar-refractivity contribution >= 4 is 78.0 Å². The predicted molar refractivity (Wildman–Crippen MR) is 323 cm³/mol. The van der Waals surface area contributed by atoms with Crippen molar-refractivity contribution in [3.05, 3.63) is 146 Å². The van der Waals surface area contributed by atoms with Crippen molar-refractivity contribution in [3.63, 3.8) is 0 Å². The standard InChI is InChI=1S/C70H81BN2S/c1-40-30-42(3)60(43(4)31-40)44-33-57-62-58(34-44)73(55-21-18-45(32-41(55)2)64(5,6)7)56-38-51-50(67(12,13)24-25-68(51,14)15)37-54(56)71(62)61-47-36-52-53(70(17)28-26-69(52,16)27-29-70)39-59(47)74-63(61)72(57)46-19-20-48-49(35-46)66(10,11)23-22-65(48,8)9/h18-21,30-39H,22-29H2,1-17H3. The average Bonchev–Trinajstić information content (AvgIpc) is 3.75. The quantitative estimate of drug-likeness (QED) is 0.163. The summed E-state index contributed by atoms with van der Waals surface area (Å²) in [4.78, 5) is 5.54. The van der Waals surface area contributed by atoms with Gasteiger partial charge in [0.2, 0.25) is 0 Å². The highest BCUT2D eigenvalue weighted by Crippen LogP contribution is 2.59. The number of rotatable bonds is 3. The first kappa shape index (κ1) is 48.6. The molecule has 2 aliphatic heterocycles. The summed E-state index contributed by atoms with van der Waals surface area (Å²) in [5.74, 6) is 0. The fourth-order valence-electron chi connectivity index (χ4n) is 15.9. The van der Waals surface area contributed by atoms with Crippen LogP contribution in [0, 0.1) is 27.7 Å². The molecule has 0 atom stereocenters. The molecule has 0 amide bonds. The lowest BCUT2D eigenvalue weighted by atomic mass is 9.33. The lowest BCUT2D eigenvalue weighted by Gasteiger charge is -2.52. The van der Waals surface area contributed by atoms with Gasteiger partial charge in [-0.3, -0.25) is 0 Å². The minimum absolute atomic E-state index is 0.0329. The fourth-order valence-corrected chi connectivity index (χ4v) is 17.2. The molecule has 4 heteroatoms. The number of fused-ring (bicyclic) bond motifs is 10. The maximum atomic E-state index is 2.79. The Bertz CT molecular complexity index is 3570. The van der Waals surface area contributed by atoms with Crippen LogP contribution in [0.5, 0.6) is 0 Å². The molecule has 14 rings (SSSR count). The van der Waals surface area contributed by atoms with E-state index >= 15 is 0 Å². The molecule has 0 N–H and O–H groups in total. The topological polar surface area (TPSA) is 6.48 Å². The van der Waals surface area contributed by atoms with Gasteiger partial charge in [-0.1, -0.05) is 132 Å². The molecule has 6 aromatic carbocycles. The fraction of sp³-hybridized carbons (Fsp3) is 0.457. The van der Waals surface area contributed by atoms with Crippen LogP contribution in [0.25, 0.3) is 21.2 Å². The van der Waals surface area contributed by atoms with Gasteiger partial charge in [0, 0.05) is 33.1 Å². The van der Waals surface area contributed by atoms with Gasteiger partial charge in [-0.15, -0.1) is 11.3 Å². The SMILES string of the molecule is Cc1cc(C)c(-c2cc3c4c(c2)N(c2ccc5c(c2)C(C)(C)CCC5(C)C)c2sc5cc6c(cc5c2B4c2cc4c(cc2N3c2ccc(C(C)(C)C)cc2C)C(C)(C)CCC4(C)C)C2(C)CCC6(C)CC2)c(C)c1. The highest BCUT2D eigenvalue weighted by Gasteiger charge is 2.52. The third-order valence-corrected chi connectivity index (χ3v) is 22.1. The van der Waals surface area contributed by atoms with Gasteiger partial charge in [-0.25, -0.2) is 0 Å². The average molecular weight is 993 g/mol. The van der Waals surface area contributed by atoms with Crippen LogP contribution in [0.2, 0.25) is 0 Å². The minimum Gasteiger partial charge on any atom is -0.311 e. The normalized spacial score (nSPS) is 23.2. The zero-order valence-corrected chi connectivity index (χ0v) is 48.9. The number of nitrogens with zero attached hydrogens (tertiary/aromatic N) is 2. The van der Waals surface area contributed by atoms with Crippen molar-refractivity contribution in [1.82, 2.24) is 0 Å². The highest BCUT2D eigenvalue weighted by molar-refractivity contribution is 7.26. The second kappa shape index (κ2) is 15.3. The van der Waals surface area contributed by atoms with Crippen LogP contribution in [0.3, 0.4) is 0 Å². The number of hydrogen-bond acceptors (Lipinski definition) is 3.